The van der Waals surface area contributed by atoms with Crippen LogP contribution in [0.2, 0.25) is 0 Å². The maximum absolute atomic E-state index is 10.6. The lowest BCUT2D eigenvalue weighted by Gasteiger charge is -2.11. The van der Waals surface area contributed by atoms with Crippen molar-refractivity contribution in [1.82, 2.24) is 4.98 Å². The summed E-state index contributed by atoms with van der Waals surface area (Å²) in [7, 11) is 0. The molecule has 1 aromatic rings. The molecule has 7 heteroatoms. The summed E-state index contributed by atoms with van der Waals surface area (Å²) in [6, 6.07) is 3.10. The van der Waals surface area contributed by atoms with Crippen LogP contribution in [0, 0.1) is 27.4 Å². The van der Waals surface area contributed by atoms with Gasteiger partial charge in [-0.15, -0.1) is 0 Å². The number of nitrogens with zero attached hydrogens (tertiary/aromatic N) is 3. The Morgan fingerprint density at radius 3 is 3.00 bits per heavy atom. The fraction of sp³-hybridized carbons (Fsp3) is 0.500. The summed E-state index contributed by atoms with van der Waals surface area (Å²) in [6.45, 7) is 0.608. The normalized spacial score (nSPS) is 21.9. The molecule has 1 saturated carbocycles. The third kappa shape index (κ3) is 3.17. The Labute approximate surface area is 110 Å². The Hall–Kier alpha value is -2.20. The quantitative estimate of drug-likeness (QED) is 0.627. The molecular weight excluding hydrogens is 248 g/mol. The number of hydrogen-bond acceptors (Lipinski definition) is 6. The number of hydrogen-bond donors (Lipinski definition) is 2. The summed E-state index contributed by atoms with van der Waals surface area (Å²) in [5, 5.41) is 32.0. The van der Waals surface area contributed by atoms with Crippen LogP contribution in [-0.2, 0) is 0 Å². The Bertz CT molecular complexity index is 526. The number of rotatable bonds is 4. The van der Waals surface area contributed by atoms with Crippen LogP contribution in [0.15, 0.2) is 12.3 Å². The van der Waals surface area contributed by atoms with Crippen molar-refractivity contribution in [2.24, 2.45) is 5.92 Å². The maximum atomic E-state index is 10.6. The number of aliphatic hydroxyl groups is 1. The van der Waals surface area contributed by atoms with E-state index in [1.165, 1.54) is 6.07 Å². The van der Waals surface area contributed by atoms with Crippen molar-refractivity contribution in [2.75, 3.05) is 11.9 Å². The predicted molar refractivity (Wildman–Crippen MR) is 67.4 cm³/mol. The molecule has 0 radical (unpaired) electrons. The summed E-state index contributed by atoms with van der Waals surface area (Å²) < 4.78 is 0. The van der Waals surface area contributed by atoms with Gasteiger partial charge in [-0.2, -0.15) is 5.26 Å². The molecule has 1 aliphatic carbocycles. The Kier molecular flexibility index (Phi) is 3.92. The molecule has 0 aromatic carbocycles. The highest BCUT2D eigenvalue weighted by atomic mass is 16.6. The van der Waals surface area contributed by atoms with Gasteiger partial charge in [-0.1, -0.05) is 0 Å². The first-order valence-corrected chi connectivity index (χ1v) is 6.06. The molecule has 0 amide bonds. The number of aromatic nitrogens is 1. The van der Waals surface area contributed by atoms with Crippen molar-refractivity contribution in [3.05, 3.63) is 27.9 Å². The minimum absolute atomic E-state index is 0.160. The first kappa shape index (κ1) is 13.2. The van der Waals surface area contributed by atoms with Crippen LogP contribution >= 0.6 is 0 Å². The first-order valence-electron chi connectivity index (χ1n) is 6.06. The van der Waals surface area contributed by atoms with Gasteiger partial charge in [0.1, 0.15) is 23.6 Å². The topological polar surface area (TPSA) is 112 Å². The van der Waals surface area contributed by atoms with Crippen molar-refractivity contribution in [3.63, 3.8) is 0 Å². The smallest absolute Gasteiger partial charge is 0.289 e. The van der Waals surface area contributed by atoms with Crippen LogP contribution in [0.4, 0.5) is 11.5 Å². The van der Waals surface area contributed by atoms with E-state index in [1.54, 1.807) is 0 Å². The van der Waals surface area contributed by atoms with E-state index in [2.05, 4.69) is 10.3 Å². The van der Waals surface area contributed by atoms with Gasteiger partial charge >= 0.3 is 0 Å². The molecule has 2 atom stereocenters. The Morgan fingerprint density at radius 1 is 1.63 bits per heavy atom. The van der Waals surface area contributed by atoms with Gasteiger partial charge in [-0.25, -0.2) is 4.98 Å². The van der Waals surface area contributed by atoms with Crippen LogP contribution in [0.3, 0.4) is 0 Å². The third-order valence-corrected chi connectivity index (χ3v) is 3.28. The molecule has 2 N–H and O–H groups in total. The molecule has 2 unspecified atom stereocenters. The zero-order valence-electron chi connectivity index (χ0n) is 10.2. The van der Waals surface area contributed by atoms with E-state index in [0.717, 1.165) is 25.5 Å². The molecule has 2 rings (SSSR count). The second-order valence-corrected chi connectivity index (χ2v) is 4.67. The second-order valence-electron chi connectivity index (χ2n) is 4.67. The largest absolute Gasteiger partial charge is 0.393 e. The third-order valence-electron chi connectivity index (χ3n) is 3.28. The SMILES string of the molecule is N#Cc1cc([N+](=O)[O-])cnc1NCC1CCC(O)C1. The minimum atomic E-state index is -0.578. The maximum Gasteiger partial charge on any atom is 0.289 e. The number of nitrogens with one attached hydrogen (secondary N) is 1. The van der Waals surface area contributed by atoms with Gasteiger partial charge in [0.15, 0.2) is 0 Å². The molecule has 0 spiro atoms. The first-order chi connectivity index (χ1) is 9.10. The van der Waals surface area contributed by atoms with Gasteiger partial charge in [0.2, 0.25) is 0 Å². The summed E-state index contributed by atoms with van der Waals surface area (Å²) >= 11 is 0. The fourth-order valence-electron chi connectivity index (χ4n) is 2.25. The van der Waals surface area contributed by atoms with Gasteiger partial charge in [0.25, 0.3) is 5.69 Å². The molecule has 1 heterocycles. The van der Waals surface area contributed by atoms with E-state index in [9.17, 15) is 15.2 Å². The predicted octanol–water partition coefficient (Wildman–Crippen LogP) is 1.43. The van der Waals surface area contributed by atoms with E-state index >= 15 is 0 Å². The van der Waals surface area contributed by atoms with E-state index in [-0.39, 0.29) is 17.4 Å². The number of aliphatic hydroxyl groups excluding tert-OH is 1. The summed E-state index contributed by atoms with van der Waals surface area (Å²) in [5.41, 5.74) is -0.0360. The molecule has 0 saturated heterocycles. The molecule has 0 aliphatic heterocycles. The van der Waals surface area contributed by atoms with Crippen LogP contribution < -0.4 is 5.32 Å². The summed E-state index contributed by atoms with van der Waals surface area (Å²) in [6.07, 6.45) is 3.36. The van der Waals surface area contributed by atoms with Crippen LogP contribution in [0.25, 0.3) is 0 Å². The van der Waals surface area contributed by atoms with Gasteiger partial charge in [-0.05, 0) is 25.2 Å². The molecule has 0 bridgehead atoms. The van der Waals surface area contributed by atoms with E-state index in [0.29, 0.717) is 18.3 Å². The van der Waals surface area contributed by atoms with E-state index in [4.69, 9.17) is 5.26 Å². The lowest BCUT2D eigenvalue weighted by Crippen LogP contribution is -2.14. The van der Waals surface area contributed by atoms with Gasteiger partial charge in [-0.3, -0.25) is 10.1 Å². The lowest BCUT2D eigenvalue weighted by molar-refractivity contribution is -0.385. The molecule has 100 valence electrons. The van der Waals surface area contributed by atoms with Crippen molar-refractivity contribution in [3.8, 4) is 6.07 Å². The summed E-state index contributed by atoms with van der Waals surface area (Å²) in [4.78, 5) is 13.9. The molecule has 1 aliphatic rings. The van der Waals surface area contributed by atoms with Crippen molar-refractivity contribution in [2.45, 2.75) is 25.4 Å². The number of anilines is 1. The minimum Gasteiger partial charge on any atom is -0.393 e. The molecule has 19 heavy (non-hydrogen) atoms. The number of nitro groups is 1. The van der Waals surface area contributed by atoms with Gasteiger partial charge in [0, 0.05) is 12.6 Å². The highest BCUT2D eigenvalue weighted by molar-refractivity contribution is 5.55. The zero-order chi connectivity index (χ0) is 13.8. The average molecular weight is 262 g/mol. The molecular formula is C12H14N4O3. The Morgan fingerprint density at radius 2 is 2.42 bits per heavy atom. The van der Waals surface area contributed by atoms with Crippen molar-refractivity contribution >= 4 is 11.5 Å². The fourth-order valence-corrected chi connectivity index (χ4v) is 2.25. The second kappa shape index (κ2) is 5.63. The molecule has 7 nitrogen and oxygen atoms in total. The monoisotopic (exact) mass is 262 g/mol. The lowest BCUT2D eigenvalue weighted by atomic mass is 10.1. The standard InChI is InChI=1S/C12H14N4O3/c13-5-9-4-10(16(18)19)7-15-12(9)14-6-8-1-2-11(17)3-8/h4,7-8,11,17H,1-3,6H2,(H,14,15). The Balaban J connectivity index is 2.04. The van der Waals surface area contributed by atoms with Crippen LogP contribution in [0.1, 0.15) is 24.8 Å². The number of nitriles is 1. The van der Waals surface area contributed by atoms with Gasteiger partial charge < -0.3 is 10.4 Å². The zero-order valence-corrected chi connectivity index (χ0v) is 10.2. The van der Waals surface area contributed by atoms with Crippen LogP contribution in [0.5, 0.6) is 0 Å². The molecule has 1 fully saturated rings. The van der Waals surface area contributed by atoms with Crippen LogP contribution in [-0.4, -0.2) is 27.7 Å². The number of pyridine rings is 1. The average Bonchev–Trinajstić information content (AvgIpc) is 2.81. The van der Waals surface area contributed by atoms with Crippen molar-refractivity contribution in [1.29, 1.82) is 5.26 Å². The van der Waals surface area contributed by atoms with Gasteiger partial charge in [0.05, 0.1) is 11.0 Å². The van der Waals surface area contributed by atoms with E-state index in [1.807, 2.05) is 6.07 Å². The summed E-state index contributed by atoms with van der Waals surface area (Å²) in [5.74, 6) is 0.702. The highest BCUT2D eigenvalue weighted by Crippen LogP contribution is 2.26. The van der Waals surface area contributed by atoms with E-state index < -0.39 is 4.92 Å². The van der Waals surface area contributed by atoms with Crippen molar-refractivity contribution < 1.29 is 10.0 Å². The molecule has 1 aromatic heterocycles. The highest BCUT2D eigenvalue weighted by Gasteiger charge is 2.23.